The molecule has 6 aliphatic carbocycles. The fraction of sp³-hybridized carbons (Fsp3) is 0.700. The van der Waals surface area contributed by atoms with E-state index in [2.05, 4.69) is 21.4 Å². The predicted octanol–water partition coefficient (Wildman–Crippen LogP) is 7.59. The number of carbonyl (C=O) groups excluding carboxylic acids is 1. The van der Waals surface area contributed by atoms with Gasteiger partial charge in [0.05, 0.1) is 24.8 Å². The van der Waals surface area contributed by atoms with Crippen molar-refractivity contribution in [2.45, 2.75) is 132 Å². The summed E-state index contributed by atoms with van der Waals surface area (Å²) in [6, 6.07) is 6.08. The Bertz CT molecular complexity index is 1750. The van der Waals surface area contributed by atoms with Crippen LogP contribution in [-0.2, 0) is 16.1 Å². The number of fused-ring (bicyclic) bond motifs is 2. The van der Waals surface area contributed by atoms with Crippen molar-refractivity contribution in [3.05, 3.63) is 41.2 Å². The number of nitrogens with zero attached hydrogens (tertiary/aromatic N) is 4. The van der Waals surface area contributed by atoms with Gasteiger partial charge in [-0.1, -0.05) is 19.3 Å². The minimum Gasteiger partial charge on any atom is -0.490 e. The molecule has 1 saturated heterocycles. The van der Waals surface area contributed by atoms with Crippen molar-refractivity contribution in [3.8, 4) is 5.75 Å². The Morgan fingerprint density at radius 3 is 2.21 bits per heavy atom. The number of rotatable bonds is 8. The number of carbonyl (C=O) groups is 2. The quantitative estimate of drug-likeness (QED) is 0.267. The van der Waals surface area contributed by atoms with Crippen molar-refractivity contribution in [2.24, 2.45) is 23.7 Å². The summed E-state index contributed by atoms with van der Waals surface area (Å²) >= 11 is 0. The molecule has 286 valence electrons. The Morgan fingerprint density at radius 2 is 1.60 bits per heavy atom. The zero-order valence-electron chi connectivity index (χ0n) is 30.3. The van der Waals surface area contributed by atoms with Crippen molar-refractivity contribution in [1.82, 2.24) is 20.2 Å². The van der Waals surface area contributed by atoms with Gasteiger partial charge >= 0.3 is 5.97 Å². The summed E-state index contributed by atoms with van der Waals surface area (Å²) < 4.78 is 64.3. The lowest BCUT2D eigenvalue weighted by atomic mass is 9.48. The highest BCUT2D eigenvalue weighted by atomic mass is 19.3. The molecule has 6 saturated carbocycles. The molecule has 7 fully saturated rings. The van der Waals surface area contributed by atoms with Gasteiger partial charge in [-0.3, -0.25) is 9.69 Å². The molecule has 1 spiro atoms. The fourth-order valence-electron chi connectivity index (χ4n) is 11.9. The van der Waals surface area contributed by atoms with Crippen LogP contribution in [0.25, 0.3) is 0 Å². The minimum absolute atomic E-state index is 0.0126. The molecule has 0 radical (unpaired) electrons. The van der Waals surface area contributed by atoms with Crippen molar-refractivity contribution in [3.63, 3.8) is 0 Å². The maximum Gasteiger partial charge on any atom is 0.330 e. The smallest absolute Gasteiger partial charge is 0.330 e. The molecule has 0 unspecified atom stereocenters. The van der Waals surface area contributed by atoms with Gasteiger partial charge in [0.1, 0.15) is 17.0 Å². The Labute approximate surface area is 307 Å². The van der Waals surface area contributed by atoms with Crippen LogP contribution in [0.2, 0.25) is 0 Å². The van der Waals surface area contributed by atoms with Gasteiger partial charge in [-0.25, -0.2) is 23.5 Å². The van der Waals surface area contributed by atoms with Gasteiger partial charge in [0.15, 0.2) is 0 Å². The van der Waals surface area contributed by atoms with Crippen LogP contribution in [-0.4, -0.2) is 75.1 Å². The molecule has 9 nitrogen and oxygen atoms in total. The predicted molar refractivity (Wildman–Crippen MR) is 188 cm³/mol. The van der Waals surface area contributed by atoms with E-state index in [4.69, 9.17) is 4.74 Å². The van der Waals surface area contributed by atoms with Gasteiger partial charge < -0.3 is 20.1 Å². The van der Waals surface area contributed by atoms with Crippen LogP contribution in [0.5, 0.6) is 5.75 Å². The Hall–Kier alpha value is -3.48. The second-order valence-electron chi connectivity index (χ2n) is 17.7. The van der Waals surface area contributed by atoms with Gasteiger partial charge in [-0.05, 0) is 118 Å². The van der Waals surface area contributed by atoms with E-state index in [0.717, 1.165) is 113 Å². The van der Waals surface area contributed by atoms with Crippen molar-refractivity contribution in [1.29, 1.82) is 0 Å². The fourth-order valence-corrected chi connectivity index (χ4v) is 11.9. The van der Waals surface area contributed by atoms with E-state index >= 15 is 8.78 Å². The second-order valence-corrected chi connectivity index (χ2v) is 17.7. The van der Waals surface area contributed by atoms with E-state index in [1.54, 1.807) is 0 Å². The first-order valence-electron chi connectivity index (χ1n) is 19.7. The topological polar surface area (TPSA) is 108 Å². The summed E-state index contributed by atoms with van der Waals surface area (Å²) in [7, 11) is 0. The average Bonchev–Trinajstić information content (AvgIpc) is 3.40. The van der Waals surface area contributed by atoms with Crippen LogP contribution in [0.1, 0.15) is 118 Å². The normalized spacial score (nSPS) is 34.1. The molecule has 2 aromatic rings. The maximum atomic E-state index is 15.5. The maximum absolute atomic E-state index is 15.5. The number of ether oxygens (including phenoxy) is 1. The molecule has 3 heterocycles. The molecular weight excluding hydrogens is 690 g/mol. The van der Waals surface area contributed by atoms with Crippen LogP contribution in [0, 0.1) is 23.7 Å². The average molecular weight is 740 g/mol. The number of likely N-dealkylation sites (tertiary alicyclic amines) is 1. The van der Waals surface area contributed by atoms with Gasteiger partial charge in [0.2, 0.25) is 5.95 Å². The molecule has 53 heavy (non-hydrogen) atoms. The summed E-state index contributed by atoms with van der Waals surface area (Å²) in [5, 5.41) is 13.4. The van der Waals surface area contributed by atoms with E-state index in [0.29, 0.717) is 25.3 Å². The summed E-state index contributed by atoms with van der Waals surface area (Å²) in [5.41, 5.74) is -0.948. The van der Waals surface area contributed by atoms with Gasteiger partial charge in [0, 0.05) is 36.8 Å². The Balaban J connectivity index is 0.976. The number of halogens is 4. The second kappa shape index (κ2) is 12.5. The van der Waals surface area contributed by atoms with E-state index in [-0.39, 0.29) is 48.4 Å². The number of anilines is 2. The number of carboxylic acids is 1. The summed E-state index contributed by atoms with van der Waals surface area (Å²) in [6.07, 6.45) is 13.4. The van der Waals surface area contributed by atoms with Crippen LogP contribution in [0.3, 0.4) is 0 Å². The van der Waals surface area contributed by atoms with Crippen molar-refractivity contribution < 1.29 is 37.0 Å². The lowest BCUT2D eigenvalue weighted by molar-refractivity contribution is -0.163. The first kappa shape index (κ1) is 35.2. The molecule has 8 aliphatic rings. The molecule has 1 aromatic heterocycles. The summed E-state index contributed by atoms with van der Waals surface area (Å²) in [6.45, 7) is 0.904. The molecular formula is C40H49F4N5O4. The SMILES string of the molecule is CC(F)(F)c1nc(N2CC3(CCCCC3)c3cc(O[C@H]4CC[C@H](N5CC(F)(F)C5)CC4)ccc32)ncc1C(=O)NC1(C(=O)O)C2CC3CC(C2)CC1C3. The van der Waals surface area contributed by atoms with Crippen LogP contribution >= 0.6 is 0 Å². The largest absolute Gasteiger partial charge is 0.490 e. The van der Waals surface area contributed by atoms with Crippen molar-refractivity contribution >= 4 is 23.5 Å². The number of hydrogen-bond acceptors (Lipinski definition) is 7. The lowest BCUT2D eigenvalue weighted by Crippen LogP contribution is -2.70. The number of benzene rings is 1. The highest BCUT2D eigenvalue weighted by molar-refractivity contribution is 5.99. The monoisotopic (exact) mass is 739 g/mol. The zero-order chi connectivity index (χ0) is 36.9. The third-order valence-electron chi connectivity index (χ3n) is 14.2. The molecule has 13 heteroatoms. The molecule has 1 aromatic carbocycles. The highest BCUT2D eigenvalue weighted by Crippen LogP contribution is 2.59. The van der Waals surface area contributed by atoms with Gasteiger partial charge in [-0.2, -0.15) is 8.78 Å². The number of aliphatic carboxylic acids is 1. The third kappa shape index (κ3) is 5.98. The van der Waals surface area contributed by atoms with Crippen LogP contribution in [0.4, 0.5) is 29.2 Å². The van der Waals surface area contributed by atoms with Crippen molar-refractivity contribution in [2.75, 3.05) is 24.5 Å². The highest BCUT2D eigenvalue weighted by Gasteiger charge is 2.62. The molecule has 4 bridgehead atoms. The molecule has 1 amide bonds. The molecule has 10 rings (SSSR count). The van der Waals surface area contributed by atoms with E-state index < -0.39 is 40.5 Å². The molecule has 0 atom stereocenters. The van der Waals surface area contributed by atoms with Crippen LogP contribution < -0.4 is 15.0 Å². The Morgan fingerprint density at radius 1 is 0.943 bits per heavy atom. The number of carboxylic acid groups (broad SMARTS) is 1. The summed E-state index contributed by atoms with van der Waals surface area (Å²) in [5.74, 6) is -6.77. The summed E-state index contributed by atoms with van der Waals surface area (Å²) in [4.78, 5) is 39.6. The van der Waals surface area contributed by atoms with Gasteiger partial charge in [0.25, 0.3) is 17.8 Å². The number of alkyl halides is 4. The first-order valence-corrected chi connectivity index (χ1v) is 19.7. The number of amides is 1. The standard InChI is InChI=1S/C40H49F4N5O4/c1-37(41,42)33-30(34(50)47-40(35(51)52)25-14-23-13-24(16-25)17-26(40)15-23)19-45-36(46-33)49-20-38(11-3-2-4-12-38)31-18-29(9-10-32(31)49)53-28-7-5-27(6-8-28)48-21-39(43,44)22-48/h9-10,18-19,23-28H,2-8,11-17,20-22H2,1H3,(H,47,50)(H,51,52)/t23?,24?,25?,26?,27-,28-,40?. The van der Waals surface area contributed by atoms with E-state index in [9.17, 15) is 23.5 Å². The third-order valence-corrected chi connectivity index (χ3v) is 14.2. The first-order chi connectivity index (χ1) is 25.2. The van der Waals surface area contributed by atoms with Gasteiger partial charge in [-0.15, -0.1) is 0 Å². The number of aromatic nitrogens is 2. The zero-order valence-corrected chi connectivity index (χ0v) is 30.3. The molecule has 2 N–H and O–H groups in total. The minimum atomic E-state index is -3.50. The van der Waals surface area contributed by atoms with Crippen LogP contribution in [0.15, 0.2) is 24.4 Å². The number of hydrogen-bond donors (Lipinski definition) is 2. The number of nitrogens with one attached hydrogen (secondary N) is 1. The molecule has 2 aliphatic heterocycles. The Kier molecular flexibility index (Phi) is 8.33. The van der Waals surface area contributed by atoms with E-state index in [1.807, 2.05) is 21.9 Å². The van der Waals surface area contributed by atoms with E-state index in [1.165, 1.54) is 0 Å². The lowest BCUT2D eigenvalue weighted by Gasteiger charge is -2.59.